The summed E-state index contributed by atoms with van der Waals surface area (Å²) >= 11 is 0. The highest BCUT2D eigenvalue weighted by molar-refractivity contribution is 5.45. The maximum absolute atomic E-state index is 5.77. The molecule has 0 saturated carbocycles. The minimum atomic E-state index is 0.576. The molecule has 5 nitrogen and oxygen atoms in total. The molecule has 1 aliphatic rings. The second-order valence-corrected chi connectivity index (χ2v) is 5.11. The molecule has 3 rings (SSSR count). The van der Waals surface area contributed by atoms with Gasteiger partial charge in [0.2, 0.25) is 5.95 Å². The van der Waals surface area contributed by atoms with Gasteiger partial charge in [0.15, 0.2) is 5.65 Å². The second-order valence-electron chi connectivity index (χ2n) is 5.11. The number of aryl methyl sites for hydroxylation is 1. The van der Waals surface area contributed by atoms with Crippen LogP contribution in [0.25, 0.3) is 5.65 Å². The summed E-state index contributed by atoms with van der Waals surface area (Å²) in [6.45, 7) is 4.83. The number of anilines is 1. The van der Waals surface area contributed by atoms with E-state index < -0.39 is 0 Å². The van der Waals surface area contributed by atoms with Crippen molar-refractivity contribution in [3.05, 3.63) is 23.9 Å². The Morgan fingerprint density at radius 3 is 3.17 bits per heavy atom. The number of rotatable bonds is 2. The van der Waals surface area contributed by atoms with Gasteiger partial charge in [-0.3, -0.25) is 0 Å². The third-order valence-corrected chi connectivity index (χ3v) is 3.60. The molecule has 96 valence electrons. The van der Waals surface area contributed by atoms with Crippen LogP contribution in [0.1, 0.15) is 18.4 Å². The molecule has 2 N–H and O–H groups in total. The van der Waals surface area contributed by atoms with Crippen LogP contribution in [-0.4, -0.2) is 34.2 Å². The predicted molar refractivity (Wildman–Crippen MR) is 71.7 cm³/mol. The molecule has 0 bridgehead atoms. The Hall–Kier alpha value is -1.62. The molecule has 18 heavy (non-hydrogen) atoms. The van der Waals surface area contributed by atoms with E-state index in [1.165, 1.54) is 18.4 Å². The number of nitrogens with zero attached hydrogens (tertiary/aromatic N) is 4. The third-order valence-electron chi connectivity index (χ3n) is 3.60. The molecule has 0 spiro atoms. The van der Waals surface area contributed by atoms with Crippen molar-refractivity contribution in [3.8, 4) is 0 Å². The van der Waals surface area contributed by atoms with E-state index in [-0.39, 0.29) is 0 Å². The maximum Gasteiger partial charge on any atom is 0.245 e. The Balaban J connectivity index is 1.89. The van der Waals surface area contributed by atoms with Crippen LogP contribution in [0.15, 0.2) is 18.3 Å². The fourth-order valence-electron chi connectivity index (χ4n) is 2.55. The summed E-state index contributed by atoms with van der Waals surface area (Å²) in [7, 11) is 0. The molecule has 2 aromatic heterocycles. The van der Waals surface area contributed by atoms with E-state index in [4.69, 9.17) is 5.73 Å². The molecular weight excluding hydrogens is 226 g/mol. The lowest BCUT2D eigenvalue weighted by atomic mass is 9.99. The Morgan fingerprint density at radius 1 is 1.44 bits per heavy atom. The summed E-state index contributed by atoms with van der Waals surface area (Å²) in [6, 6.07) is 4.07. The van der Waals surface area contributed by atoms with Gasteiger partial charge in [-0.2, -0.15) is 4.98 Å². The van der Waals surface area contributed by atoms with Gasteiger partial charge in [0.25, 0.3) is 0 Å². The lowest BCUT2D eigenvalue weighted by Gasteiger charge is -2.31. The van der Waals surface area contributed by atoms with E-state index in [0.717, 1.165) is 31.2 Å². The van der Waals surface area contributed by atoms with Crippen molar-refractivity contribution in [2.24, 2.45) is 11.7 Å². The molecule has 0 amide bonds. The molecule has 1 atom stereocenters. The van der Waals surface area contributed by atoms with E-state index in [2.05, 4.69) is 28.0 Å². The number of hydrogen-bond donors (Lipinski definition) is 1. The third kappa shape index (κ3) is 2.06. The largest absolute Gasteiger partial charge is 0.339 e. The predicted octanol–water partition coefficient (Wildman–Crippen LogP) is 1.21. The quantitative estimate of drug-likeness (QED) is 0.864. The molecule has 1 aliphatic heterocycles. The van der Waals surface area contributed by atoms with Crippen molar-refractivity contribution in [1.82, 2.24) is 14.6 Å². The summed E-state index contributed by atoms with van der Waals surface area (Å²) < 4.78 is 1.86. The number of pyridine rings is 1. The van der Waals surface area contributed by atoms with Crippen molar-refractivity contribution in [3.63, 3.8) is 0 Å². The van der Waals surface area contributed by atoms with Crippen molar-refractivity contribution in [2.45, 2.75) is 19.8 Å². The average molecular weight is 245 g/mol. The Morgan fingerprint density at radius 2 is 2.33 bits per heavy atom. The topological polar surface area (TPSA) is 59.5 Å². The van der Waals surface area contributed by atoms with Crippen LogP contribution in [0.5, 0.6) is 0 Å². The van der Waals surface area contributed by atoms with Crippen molar-refractivity contribution < 1.29 is 0 Å². The van der Waals surface area contributed by atoms with E-state index in [1.807, 2.05) is 16.8 Å². The molecule has 0 aromatic carbocycles. The number of aromatic nitrogens is 3. The number of nitrogens with two attached hydrogens (primary N) is 1. The van der Waals surface area contributed by atoms with Crippen LogP contribution in [-0.2, 0) is 0 Å². The standard InChI is InChI=1S/C13H19N5/c1-10-4-5-12-15-13(16-18(12)8-10)17-6-2-3-11(7-14)9-17/h4-5,8,11H,2-3,6-7,9,14H2,1H3. The van der Waals surface area contributed by atoms with Gasteiger partial charge in [0, 0.05) is 19.3 Å². The molecule has 1 fully saturated rings. The fraction of sp³-hybridized carbons (Fsp3) is 0.538. The van der Waals surface area contributed by atoms with Gasteiger partial charge in [-0.25, -0.2) is 4.52 Å². The van der Waals surface area contributed by atoms with Gasteiger partial charge in [-0.15, -0.1) is 5.10 Å². The highest BCUT2D eigenvalue weighted by Crippen LogP contribution is 2.20. The zero-order valence-electron chi connectivity index (χ0n) is 10.7. The first-order chi connectivity index (χ1) is 8.76. The minimum Gasteiger partial charge on any atom is -0.339 e. The first kappa shape index (κ1) is 11.5. The highest BCUT2D eigenvalue weighted by atomic mass is 15.4. The molecular formula is C13H19N5. The first-order valence-electron chi connectivity index (χ1n) is 6.54. The zero-order valence-corrected chi connectivity index (χ0v) is 10.7. The fourth-order valence-corrected chi connectivity index (χ4v) is 2.55. The smallest absolute Gasteiger partial charge is 0.245 e. The van der Waals surface area contributed by atoms with Crippen LogP contribution in [0.4, 0.5) is 5.95 Å². The van der Waals surface area contributed by atoms with E-state index in [9.17, 15) is 0 Å². The SMILES string of the molecule is Cc1ccc2nc(N3CCCC(CN)C3)nn2c1. The Bertz CT molecular complexity index is 547. The van der Waals surface area contributed by atoms with Crippen LogP contribution < -0.4 is 10.6 Å². The van der Waals surface area contributed by atoms with Gasteiger partial charge >= 0.3 is 0 Å². The summed E-state index contributed by atoms with van der Waals surface area (Å²) in [4.78, 5) is 6.84. The summed E-state index contributed by atoms with van der Waals surface area (Å²) in [5.41, 5.74) is 7.87. The molecule has 5 heteroatoms. The van der Waals surface area contributed by atoms with Crippen LogP contribution in [0.3, 0.4) is 0 Å². The first-order valence-corrected chi connectivity index (χ1v) is 6.54. The molecule has 0 radical (unpaired) electrons. The van der Waals surface area contributed by atoms with Crippen LogP contribution in [0.2, 0.25) is 0 Å². The summed E-state index contributed by atoms with van der Waals surface area (Å²) in [5, 5.41) is 4.56. The van der Waals surface area contributed by atoms with Crippen molar-refractivity contribution in [1.29, 1.82) is 0 Å². The number of fused-ring (bicyclic) bond motifs is 1. The van der Waals surface area contributed by atoms with Gasteiger partial charge < -0.3 is 10.6 Å². The van der Waals surface area contributed by atoms with Crippen LogP contribution >= 0.6 is 0 Å². The molecule has 3 heterocycles. The molecule has 2 aromatic rings. The maximum atomic E-state index is 5.77. The summed E-state index contributed by atoms with van der Waals surface area (Å²) in [5.74, 6) is 1.41. The van der Waals surface area contributed by atoms with E-state index in [0.29, 0.717) is 5.92 Å². The van der Waals surface area contributed by atoms with Gasteiger partial charge in [0.1, 0.15) is 0 Å². The van der Waals surface area contributed by atoms with Gasteiger partial charge in [0.05, 0.1) is 0 Å². The van der Waals surface area contributed by atoms with Crippen molar-refractivity contribution >= 4 is 11.6 Å². The number of hydrogen-bond acceptors (Lipinski definition) is 4. The minimum absolute atomic E-state index is 0.576. The normalized spacial score (nSPS) is 20.6. The highest BCUT2D eigenvalue weighted by Gasteiger charge is 2.21. The van der Waals surface area contributed by atoms with Crippen molar-refractivity contribution in [2.75, 3.05) is 24.5 Å². The van der Waals surface area contributed by atoms with E-state index >= 15 is 0 Å². The monoisotopic (exact) mass is 245 g/mol. The second kappa shape index (κ2) is 4.57. The molecule has 1 saturated heterocycles. The molecule has 0 aliphatic carbocycles. The lowest BCUT2D eigenvalue weighted by molar-refractivity contribution is 0.419. The average Bonchev–Trinajstić information content (AvgIpc) is 2.81. The summed E-state index contributed by atoms with van der Waals surface area (Å²) in [6.07, 6.45) is 4.41. The Labute approximate surface area is 107 Å². The van der Waals surface area contributed by atoms with Gasteiger partial charge in [-0.05, 0) is 43.9 Å². The lowest BCUT2D eigenvalue weighted by Crippen LogP contribution is -2.39. The van der Waals surface area contributed by atoms with Crippen LogP contribution in [0, 0.1) is 12.8 Å². The van der Waals surface area contributed by atoms with E-state index in [1.54, 1.807) is 0 Å². The zero-order chi connectivity index (χ0) is 12.5. The van der Waals surface area contributed by atoms with Gasteiger partial charge in [-0.1, -0.05) is 6.07 Å². The number of piperidine rings is 1. The Kier molecular flexibility index (Phi) is 2.91. The molecule has 1 unspecified atom stereocenters.